The zero-order valence-corrected chi connectivity index (χ0v) is 13.7. The van der Waals surface area contributed by atoms with Gasteiger partial charge in [0.15, 0.2) is 0 Å². The molecule has 0 bridgehead atoms. The van der Waals surface area contributed by atoms with Crippen LogP contribution >= 0.6 is 0 Å². The molecule has 0 aliphatic carbocycles. The van der Waals surface area contributed by atoms with Gasteiger partial charge in [0.2, 0.25) is 0 Å². The van der Waals surface area contributed by atoms with Crippen molar-refractivity contribution in [2.75, 3.05) is 26.4 Å². The van der Waals surface area contributed by atoms with E-state index in [0.29, 0.717) is 26.4 Å². The maximum atomic E-state index is 5.54. The summed E-state index contributed by atoms with van der Waals surface area (Å²) in [5.74, 6) is 0. The van der Waals surface area contributed by atoms with Gasteiger partial charge in [0.1, 0.15) is 0 Å². The van der Waals surface area contributed by atoms with Crippen LogP contribution in [0.15, 0.2) is 50.6 Å². The van der Waals surface area contributed by atoms with Gasteiger partial charge in [0, 0.05) is 21.7 Å². The SMILES string of the molecule is C=CC[O][Ti]([O]CC=C)([O]CC=C)[O]CC=C.[Ti]. The van der Waals surface area contributed by atoms with Crippen molar-refractivity contribution in [2.24, 2.45) is 0 Å². The van der Waals surface area contributed by atoms with Gasteiger partial charge in [0.25, 0.3) is 0 Å². The van der Waals surface area contributed by atoms with Crippen molar-refractivity contribution in [3.05, 3.63) is 50.6 Å². The second-order valence-corrected chi connectivity index (χ2v) is 6.26. The van der Waals surface area contributed by atoms with Gasteiger partial charge in [-0.25, -0.2) is 0 Å². The van der Waals surface area contributed by atoms with Crippen LogP contribution in [0.3, 0.4) is 0 Å². The van der Waals surface area contributed by atoms with Crippen LogP contribution in [0.5, 0.6) is 0 Å². The molecule has 0 aliphatic rings. The predicted molar refractivity (Wildman–Crippen MR) is 64.6 cm³/mol. The Hall–Kier alpha value is 0.229. The molecule has 0 saturated heterocycles. The van der Waals surface area contributed by atoms with E-state index in [9.17, 15) is 0 Å². The number of hydrogen-bond donors (Lipinski definition) is 0. The van der Waals surface area contributed by atoms with Crippen molar-refractivity contribution in [1.82, 2.24) is 0 Å². The molecule has 0 aliphatic heterocycles. The van der Waals surface area contributed by atoms with Crippen LogP contribution in [0, 0.1) is 0 Å². The summed E-state index contributed by atoms with van der Waals surface area (Å²) in [5, 5.41) is 0. The van der Waals surface area contributed by atoms with Gasteiger partial charge in [-0.1, -0.05) is 0 Å². The van der Waals surface area contributed by atoms with E-state index in [-0.39, 0.29) is 21.7 Å². The zero-order chi connectivity index (χ0) is 13.0. The van der Waals surface area contributed by atoms with Gasteiger partial charge in [0.05, 0.1) is 0 Å². The Morgan fingerprint density at radius 3 is 1.00 bits per heavy atom. The van der Waals surface area contributed by atoms with Gasteiger partial charge < -0.3 is 0 Å². The van der Waals surface area contributed by atoms with Crippen molar-refractivity contribution >= 4 is 0 Å². The molecule has 0 spiro atoms. The third-order valence-corrected chi connectivity index (χ3v) is 4.76. The van der Waals surface area contributed by atoms with Crippen molar-refractivity contribution in [2.45, 2.75) is 0 Å². The summed E-state index contributed by atoms with van der Waals surface area (Å²) in [7, 11) is 0. The van der Waals surface area contributed by atoms with Crippen LogP contribution in [0.1, 0.15) is 0 Å². The third-order valence-electron chi connectivity index (χ3n) is 1.51. The fourth-order valence-corrected chi connectivity index (χ4v) is 3.69. The maximum Gasteiger partial charge on any atom is 0 e. The normalized spacial score (nSPS) is 10.2. The Morgan fingerprint density at radius 1 is 0.611 bits per heavy atom. The average molecular weight is 324 g/mol. The summed E-state index contributed by atoms with van der Waals surface area (Å²) >= 11 is -3.72. The molecule has 6 heteroatoms. The van der Waals surface area contributed by atoms with Gasteiger partial charge in [-0.05, 0) is 0 Å². The van der Waals surface area contributed by atoms with E-state index in [0.717, 1.165) is 0 Å². The molecule has 0 N–H and O–H groups in total. The van der Waals surface area contributed by atoms with Crippen LogP contribution < -0.4 is 0 Å². The fraction of sp³-hybridized carbons (Fsp3) is 0.333. The van der Waals surface area contributed by atoms with Crippen LogP contribution in [-0.4, -0.2) is 26.4 Å². The molecule has 0 amide bonds. The fourth-order valence-electron chi connectivity index (χ4n) is 0.894. The van der Waals surface area contributed by atoms with Gasteiger partial charge >= 0.3 is 108 Å². The molecular formula is C12H20O4Ti2. The molecule has 0 aromatic heterocycles. The van der Waals surface area contributed by atoms with Gasteiger partial charge in [-0.15, -0.1) is 0 Å². The molecule has 0 radical (unpaired) electrons. The molecule has 0 unspecified atom stereocenters. The Labute approximate surface area is 129 Å². The molecule has 0 heterocycles. The summed E-state index contributed by atoms with van der Waals surface area (Å²) in [5.41, 5.74) is 0. The van der Waals surface area contributed by atoms with Crippen molar-refractivity contribution in [3.8, 4) is 0 Å². The van der Waals surface area contributed by atoms with Gasteiger partial charge in [-0.3, -0.25) is 0 Å². The van der Waals surface area contributed by atoms with E-state index < -0.39 is 18.1 Å². The first-order valence-corrected chi connectivity index (χ1v) is 7.79. The summed E-state index contributed by atoms with van der Waals surface area (Å²) in [6, 6.07) is 0. The minimum absolute atomic E-state index is 0. The van der Waals surface area contributed by atoms with Crippen molar-refractivity contribution < 1.29 is 53.1 Å². The molecule has 0 rings (SSSR count). The van der Waals surface area contributed by atoms with Crippen molar-refractivity contribution in [1.29, 1.82) is 0 Å². The summed E-state index contributed by atoms with van der Waals surface area (Å²) in [4.78, 5) is 0. The first-order chi connectivity index (χ1) is 8.24. The van der Waals surface area contributed by atoms with Crippen LogP contribution in [0.2, 0.25) is 0 Å². The Kier molecular flexibility index (Phi) is 15.6. The van der Waals surface area contributed by atoms with Gasteiger partial charge in [-0.2, -0.15) is 0 Å². The Morgan fingerprint density at radius 2 is 0.833 bits per heavy atom. The first-order valence-electron chi connectivity index (χ1n) is 5.24. The molecule has 4 nitrogen and oxygen atoms in total. The van der Waals surface area contributed by atoms with Crippen LogP contribution in [-0.2, 0) is 53.1 Å². The molecule has 100 valence electrons. The predicted octanol–water partition coefficient (Wildman–Crippen LogP) is 2.61. The smallest absolute Gasteiger partial charge is 0 e. The molecular weight excluding hydrogens is 304 g/mol. The summed E-state index contributed by atoms with van der Waals surface area (Å²) in [6.45, 7) is 15.6. The standard InChI is InChI=1S/4C3H5O.2Ti/c4*1-2-3-4;;/h4*2H,1,3H2;;/q4*-1;;+4. The maximum absolute atomic E-state index is 5.54. The number of rotatable bonds is 12. The quantitative estimate of drug-likeness (QED) is 0.408. The second kappa shape index (κ2) is 13.7. The molecule has 0 aromatic carbocycles. The molecule has 0 atom stereocenters. The van der Waals surface area contributed by atoms with Crippen LogP contribution in [0.25, 0.3) is 0 Å². The Balaban J connectivity index is 0. The monoisotopic (exact) mass is 324 g/mol. The second-order valence-electron chi connectivity index (χ2n) is 2.90. The van der Waals surface area contributed by atoms with E-state index in [1.165, 1.54) is 0 Å². The summed E-state index contributed by atoms with van der Waals surface area (Å²) in [6.07, 6.45) is 6.47. The minimum atomic E-state index is -3.72. The summed E-state index contributed by atoms with van der Waals surface area (Å²) < 4.78 is 22.2. The molecule has 0 saturated carbocycles. The average Bonchev–Trinajstić information content (AvgIpc) is 2.37. The Bertz CT molecular complexity index is 203. The topological polar surface area (TPSA) is 36.9 Å². The molecule has 0 fully saturated rings. The van der Waals surface area contributed by atoms with Crippen molar-refractivity contribution in [3.63, 3.8) is 0 Å². The van der Waals surface area contributed by atoms with Crippen LogP contribution in [0.4, 0.5) is 0 Å². The zero-order valence-electron chi connectivity index (χ0n) is 10.6. The molecule has 0 aromatic rings. The largest absolute Gasteiger partial charge is 0 e. The minimum Gasteiger partial charge on any atom is 0 e. The van der Waals surface area contributed by atoms with E-state index in [1.807, 2.05) is 0 Å². The van der Waals surface area contributed by atoms with E-state index in [1.54, 1.807) is 24.3 Å². The third kappa shape index (κ3) is 9.20. The first kappa shape index (κ1) is 20.5. The van der Waals surface area contributed by atoms with E-state index >= 15 is 0 Å². The van der Waals surface area contributed by atoms with E-state index in [2.05, 4.69) is 26.3 Å². The molecule has 18 heavy (non-hydrogen) atoms. The number of hydrogen-bond acceptors (Lipinski definition) is 4. The van der Waals surface area contributed by atoms with E-state index in [4.69, 9.17) is 13.3 Å².